The van der Waals surface area contributed by atoms with Gasteiger partial charge in [-0.1, -0.05) is 18.2 Å². The van der Waals surface area contributed by atoms with Crippen molar-refractivity contribution in [3.05, 3.63) is 41.4 Å². The highest BCUT2D eigenvalue weighted by Crippen LogP contribution is 2.40. The lowest BCUT2D eigenvalue weighted by atomic mass is 10.3. The maximum absolute atomic E-state index is 11.6. The van der Waals surface area contributed by atoms with E-state index in [1.807, 2.05) is 23.6 Å². The number of nitrogens with one attached hydrogen (secondary N) is 1. The second-order valence-electron chi connectivity index (χ2n) is 4.18. The van der Waals surface area contributed by atoms with Crippen LogP contribution in [0.2, 0.25) is 0 Å². The van der Waals surface area contributed by atoms with E-state index in [4.69, 9.17) is 4.74 Å². The molecule has 0 bridgehead atoms. The van der Waals surface area contributed by atoms with E-state index in [0.717, 1.165) is 5.69 Å². The van der Waals surface area contributed by atoms with Crippen molar-refractivity contribution >= 4 is 22.6 Å². The summed E-state index contributed by atoms with van der Waals surface area (Å²) in [5.74, 6) is 1.12. The molecular weight excluding hydrogens is 248 g/mol. The van der Waals surface area contributed by atoms with Gasteiger partial charge in [-0.3, -0.25) is 5.32 Å². The fraction of sp³-hybridized carbons (Fsp3) is 0.231. The molecule has 18 heavy (non-hydrogen) atoms. The number of ether oxygens (including phenoxy) is 1. The molecule has 5 heteroatoms. The summed E-state index contributed by atoms with van der Waals surface area (Å²) in [4.78, 5) is 16.0. The SMILES string of the molecule is O=C(Nc1nc(C2CC2)cs1)Oc1ccccc1. The molecule has 1 N–H and O–H groups in total. The van der Waals surface area contributed by atoms with E-state index in [2.05, 4.69) is 10.3 Å². The van der Waals surface area contributed by atoms with Crippen LogP contribution < -0.4 is 10.1 Å². The summed E-state index contributed by atoms with van der Waals surface area (Å²) in [6.07, 6.45) is 1.91. The fourth-order valence-corrected chi connectivity index (χ4v) is 2.40. The lowest BCUT2D eigenvalue weighted by Gasteiger charge is -2.03. The van der Waals surface area contributed by atoms with E-state index in [1.54, 1.807) is 12.1 Å². The van der Waals surface area contributed by atoms with E-state index in [9.17, 15) is 4.79 Å². The highest BCUT2D eigenvalue weighted by molar-refractivity contribution is 7.13. The van der Waals surface area contributed by atoms with Crippen LogP contribution in [0.25, 0.3) is 0 Å². The third-order valence-corrected chi connectivity index (χ3v) is 3.46. The molecule has 1 heterocycles. The summed E-state index contributed by atoms with van der Waals surface area (Å²) >= 11 is 1.43. The smallest absolute Gasteiger partial charge is 0.410 e. The van der Waals surface area contributed by atoms with Gasteiger partial charge in [0, 0.05) is 11.3 Å². The number of hydrogen-bond acceptors (Lipinski definition) is 4. The van der Waals surface area contributed by atoms with Crippen molar-refractivity contribution in [1.82, 2.24) is 4.98 Å². The third kappa shape index (κ3) is 2.68. The van der Waals surface area contributed by atoms with E-state index in [-0.39, 0.29) is 0 Å². The lowest BCUT2D eigenvalue weighted by molar-refractivity contribution is 0.215. The number of benzene rings is 1. The maximum atomic E-state index is 11.6. The number of anilines is 1. The number of amides is 1. The summed E-state index contributed by atoms with van der Waals surface area (Å²) in [6, 6.07) is 8.97. The van der Waals surface area contributed by atoms with Crippen molar-refractivity contribution in [3.63, 3.8) is 0 Å². The van der Waals surface area contributed by atoms with Crippen molar-refractivity contribution in [1.29, 1.82) is 0 Å². The van der Waals surface area contributed by atoms with Gasteiger partial charge in [0.1, 0.15) is 5.75 Å². The minimum Gasteiger partial charge on any atom is -0.410 e. The molecule has 3 rings (SSSR count). The molecule has 0 aliphatic heterocycles. The van der Waals surface area contributed by atoms with Crippen molar-refractivity contribution in [3.8, 4) is 5.75 Å². The van der Waals surface area contributed by atoms with Gasteiger partial charge in [-0.15, -0.1) is 11.3 Å². The molecule has 1 amide bonds. The first-order valence-corrected chi connectivity index (χ1v) is 6.68. The molecule has 0 spiro atoms. The van der Waals surface area contributed by atoms with Gasteiger partial charge in [-0.05, 0) is 25.0 Å². The first-order valence-electron chi connectivity index (χ1n) is 5.80. The van der Waals surface area contributed by atoms with Gasteiger partial charge < -0.3 is 4.74 Å². The predicted octanol–water partition coefficient (Wildman–Crippen LogP) is 3.63. The van der Waals surface area contributed by atoms with Crippen LogP contribution in [0.15, 0.2) is 35.7 Å². The highest BCUT2D eigenvalue weighted by atomic mass is 32.1. The first-order chi connectivity index (χ1) is 8.81. The van der Waals surface area contributed by atoms with E-state index in [1.165, 1.54) is 24.2 Å². The van der Waals surface area contributed by atoms with Crippen LogP contribution >= 0.6 is 11.3 Å². The number of aromatic nitrogens is 1. The molecule has 0 unspecified atom stereocenters. The van der Waals surface area contributed by atoms with Crippen LogP contribution in [-0.2, 0) is 0 Å². The number of para-hydroxylation sites is 1. The number of rotatable bonds is 3. The summed E-state index contributed by atoms with van der Waals surface area (Å²) in [6.45, 7) is 0. The van der Waals surface area contributed by atoms with Gasteiger partial charge in [0.05, 0.1) is 5.69 Å². The van der Waals surface area contributed by atoms with Crippen molar-refractivity contribution in [2.75, 3.05) is 5.32 Å². The number of hydrogen-bond donors (Lipinski definition) is 1. The minimum absolute atomic E-state index is 0.502. The van der Waals surface area contributed by atoms with Crippen molar-refractivity contribution in [2.45, 2.75) is 18.8 Å². The molecule has 0 radical (unpaired) electrons. The average molecular weight is 260 g/mol. The predicted molar refractivity (Wildman–Crippen MR) is 70.2 cm³/mol. The molecule has 1 aromatic heterocycles. The first kappa shape index (κ1) is 11.2. The van der Waals surface area contributed by atoms with Gasteiger partial charge in [0.25, 0.3) is 0 Å². The van der Waals surface area contributed by atoms with Crippen LogP contribution in [-0.4, -0.2) is 11.1 Å². The molecule has 1 aromatic carbocycles. The number of carbonyl (C=O) groups is 1. The average Bonchev–Trinajstić information content (AvgIpc) is 3.12. The standard InChI is InChI=1S/C13H12N2O2S/c16-13(17-10-4-2-1-3-5-10)15-12-14-11(8-18-12)9-6-7-9/h1-5,8-9H,6-7H2,(H,14,15,16). The molecule has 1 aliphatic rings. The molecule has 1 saturated carbocycles. The molecule has 0 atom stereocenters. The zero-order chi connectivity index (χ0) is 12.4. The Morgan fingerprint density at radius 1 is 1.33 bits per heavy atom. The Morgan fingerprint density at radius 3 is 2.83 bits per heavy atom. The van der Waals surface area contributed by atoms with Gasteiger partial charge >= 0.3 is 6.09 Å². The summed E-state index contributed by atoms with van der Waals surface area (Å²) in [5, 5.41) is 5.23. The molecule has 1 fully saturated rings. The van der Waals surface area contributed by atoms with E-state index < -0.39 is 6.09 Å². The molecule has 4 nitrogen and oxygen atoms in total. The zero-order valence-corrected chi connectivity index (χ0v) is 10.4. The Morgan fingerprint density at radius 2 is 2.11 bits per heavy atom. The Hall–Kier alpha value is -1.88. The van der Waals surface area contributed by atoms with Crippen LogP contribution in [0.1, 0.15) is 24.5 Å². The summed E-state index contributed by atoms with van der Waals surface area (Å²) in [7, 11) is 0. The van der Waals surface area contributed by atoms with E-state index in [0.29, 0.717) is 16.8 Å². The van der Waals surface area contributed by atoms with Gasteiger partial charge in [0.2, 0.25) is 0 Å². The van der Waals surface area contributed by atoms with Crippen molar-refractivity contribution < 1.29 is 9.53 Å². The lowest BCUT2D eigenvalue weighted by Crippen LogP contribution is -2.16. The second kappa shape index (κ2) is 4.78. The van der Waals surface area contributed by atoms with Gasteiger partial charge in [0.15, 0.2) is 5.13 Å². The Labute approximate surface area is 109 Å². The Balaban J connectivity index is 1.59. The monoisotopic (exact) mass is 260 g/mol. The maximum Gasteiger partial charge on any atom is 0.418 e. The van der Waals surface area contributed by atoms with Gasteiger partial charge in [-0.2, -0.15) is 0 Å². The quantitative estimate of drug-likeness (QED) is 0.916. The second-order valence-corrected chi connectivity index (χ2v) is 5.04. The Bertz CT molecular complexity index is 549. The molecule has 92 valence electrons. The normalized spacial score (nSPS) is 14.2. The van der Waals surface area contributed by atoms with Crippen LogP contribution in [0.3, 0.4) is 0 Å². The fourth-order valence-electron chi connectivity index (χ4n) is 1.62. The number of thiazole rings is 1. The molecule has 2 aromatic rings. The highest BCUT2D eigenvalue weighted by Gasteiger charge is 2.26. The zero-order valence-electron chi connectivity index (χ0n) is 9.63. The van der Waals surface area contributed by atoms with Crippen LogP contribution in [0.5, 0.6) is 5.75 Å². The van der Waals surface area contributed by atoms with Crippen LogP contribution in [0, 0.1) is 0 Å². The molecule has 1 aliphatic carbocycles. The van der Waals surface area contributed by atoms with Gasteiger partial charge in [-0.25, -0.2) is 9.78 Å². The largest absolute Gasteiger partial charge is 0.418 e. The number of nitrogens with zero attached hydrogens (tertiary/aromatic N) is 1. The molecule has 0 saturated heterocycles. The summed E-state index contributed by atoms with van der Waals surface area (Å²) < 4.78 is 5.12. The van der Waals surface area contributed by atoms with Crippen molar-refractivity contribution in [2.24, 2.45) is 0 Å². The van der Waals surface area contributed by atoms with Crippen LogP contribution in [0.4, 0.5) is 9.93 Å². The minimum atomic E-state index is -0.502. The number of carbonyl (C=O) groups excluding carboxylic acids is 1. The topological polar surface area (TPSA) is 51.2 Å². The van der Waals surface area contributed by atoms with E-state index >= 15 is 0 Å². The molecular formula is C13H12N2O2S. The summed E-state index contributed by atoms with van der Waals surface area (Å²) in [5.41, 5.74) is 1.08. The Kier molecular flexibility index (Phi) is 2.98. The third-order valence-electron chi connectivity index (χ3n) is 2.68.